The molecule has 0 spiro atoms. The highest BCUT2D eigenvalue weighted by atomic mass is 32.1. The SMILES string of the molecule is CCOC(=O)c1sc(N(Cc2ccccc2)C(=O)Cn2ccc3cc([N+](=O)[O-])ccc32)nc1C. The predicted octanol–water partition coefficient (Wildman–Crippen LogP) is 4.72. The number of carbonyl (C=O) groups is 2. The minimum absolute atomic E-state index is 0.00150. The van der Waals surface area contributed by atoms with E-state index in [1.807, 2.05) is 30.3 Å². The summed E-state index contributed by atoms with van der Waals surface area (Å²) in [7, 11) is 0. The van der Waals surface area contributed by atoms with E-state index in [1.165, 1.54) is 12.1 Å². The largest absolute Gasteiger partial charge is 0.462 e. The van der Waals surface area contributed by atoms with Gasteiger partial charge in [-0.3, -0.25) is 19.8 Å². The number of nitrogens with zero attached hydrogens (tertiary/aromatic N) is 4. The molecule has 9 nitrogen and oxygen atoms in total. The Labute approximate surface area is 199 Å². The molecule has 4 aromatic rings. The number of esters is 1. The lowest BCUT2D eigenvalue weighted by molar-refractivity contribution is -0.384. The molecule has 0 radical (unpaired) electrons. The second-order valence-corrected chi connectivity index (χ2v) is 8.52. The number of benzene rings is 2. The van der Waals surface area contributed by atoms with Crippen molar-refractivity contribution in [2.45, 2.75) is 26.9 Å². The van der Waals surface area contributed by atoms with Crippen LogP contribution in [0.3, 0.4) is 0 Å². The Bertz CT molecular complexity index is 1360. The standard InChI is InChI=1S/C24H22N4O5S/c1-3-33-23(30)22-16(2)25-24(34-22)27(14-17-7-5-4-6-8-17)21(29)15-26-12-11-18-13-19(28(31)32)9-10-20(18)26/h4-13H,3,14-15H2,1-2H3. The van der Waals surface area contributed by atoms with Gasteiger partial charge in [-0.1, -0.05) is 41.7 Å². The van der Waals surface area contributed by atoms with Crippen molar-refractivity contribution in [1.82, 2.24) is 9.55 Å². The van der Waals surface area contributed by atoms with Crippen molar-refractivity contribution in [2.75, 3.05) is 11.5 Å². The number of carbonyl (C=O) groups excluding carboxylic acids is 2. The number of amides is 1. The molecular weight excluding hydrogens is 456 g/mol. The topological polar surface area (TPSA) is 108 Å². The maximum atomic E-state index is 13.5. The summed E-state index contributed by atoms with van der Waals surface area (Å²) in [5, 5.41) is 12.1. The number of hydrogen-bond acceptors (Lipinski definition) is 7. The zero-order valence-corrected chi connectivity index (χ0v) is 19.4. The van der Waals surface area contributed by atoms with Gasteiger partial charge in [0.2, 0.25) is 5.91 Å². The first kappa shape index (κ1) is 23.1. The number of ether oxygens (including phenoxy) is 1. The molecule has 0 unspecified atom stereocenters. The normalized spacial score (nSPS) is 10.9. The minimum atomic E-state index is -0.464. The molecule has 174 valence electrons. The number of hydrogen-bond donors (Lipinski definition) is 0. The molecule has 0 saturated carbocycles. The van der Waals surface area contributed by atoms with E-state index in [0.717, 1.165) is 16.9 Å². The molecule has 0 fully saturated rings. The van der Waals surface area contributed by atoms with Crippen LogP contribution in [0, 0.1) is 17.0 Å². The first-order chi connectivity index (χ1) is 16.4. The molecule has 1 amide bonds. The lowest BCUT2D eigenvalue weighted by Crippen LogP contribution is -2.33. The van der Waals surface area contributed by atoms with Crippen molar-refractivity contribution in [3.05, 3.63) is 87.0 Å². The minimum Gasteiger partial charge on any atom is -0.462 e. The lowest BCUT2D eigenvalue weighted by atomic mass is 10.2. The third-order valence-corrected chi connectivity index (χ3v) is 6.39. The van der Waals surface area contributed by atoms with E-state index in [4.69, 9.17) is 4.74 Å². The van der Waals surface area contributed by atoms with Crippen LogP contribution in [0.2, 0.25) is 0 Å². The molecule has 0 bridgehead atoms. The van der Waals surface area contributed by atoms with Gasteiger partial charge in [0.05, 0.1) is 23.8 Å². The van der Waals surface area contributed by atoms with Gasteiger partial charge in [-0.25, -0.2) is 9.78 Å². The fourth-order valence-corrected chi connectivity index (χ4v) is 4.56. The van der Waals surface area contributed by atoms with Gasteiger partial charge in [0, 0.05) is 29.2 Å². The molecule has 2 aromatic heterocycles. The van der Waals surface area contributed by atoms with Crippen LogP contribution in [-0.4, -0.2) is 33.0 Å². The Morgan fingerprint density at radius 1 is 1.18 bits per heavy atom. The molecule has 4 rings (SSSR count). The molecular formula is C24H22N4O5S. The average Bonchev–Trinajstić information content (AvgIpc) is 3.41. The first-order valence-corrected chi connectivity index (χ1v) is 11.4. The summed E-state index contributed by atoms with van der Waals surface area (Å²) < 4.78 is 6.86. The van der Waals surface area contributed by atoms with E-state index in [-0.39, 0.29) is 31.3 Å². The van der Waals surface area contributed by atoms with Gasteiger partial charge in [-0.05, 0) is 31.5 Å². The first-order valence-electron chi connectivity index (χ1n) is 10.6. The van der Waals surface area contributed by atoms with Gasteiger partial charge in [0.15, 0.2) is 5.13 Å². The Morgan fingerprint density at radius 2 is 1.94 bits per heavy atom. The van der Waals surface area contributed by atoms with Crippen LogP contribution in [0.1, 0.15) is 27.9 Å². The van der Waals surface area contributed by atoms with Gasteiger partial charge in [-0.15, -0.1) is 0 Å². The Balaban J connectivity index is 1.66. The number of non-ortho nitro benzene ring substituents is 1. The molecule has 2 aromatic carbocycles. The quantitative estimate of drug-likeness (QED) is 0.206. The monoisotopic (exact) mass is 478 g/mol. The van der Waals surface area contributed by atoms with Crippen molar-refractivity contribution in [1.29, 1.82) is 0 Å². The summed E-state index contributed by atoms with van der Waals surface area (Å²) in [5.41, 5.74) is 2.12. The van der Waals surface area contributed by atoms with Gasteiger partial charge in [-0.2, -0.15) is 0 Å². The fourth-order valence-electron chi connectivity index (χ4n) is 3.58. The summed E-state index contributed by atoms with van der Waals surface area (Å²) in [6.45, 7) is 3.97. The highest BCUT2D eigenvalue weighted by molar-refractivity contribution is 7.17. The van der Waals surface area contributed by atoms with Crippen LogP contribution in [0.15, 0.2) is 60.8 Å². The average molecular weight is 479 g/mol. The fraction of sp³-hybridized carbons (Fsp3) is 0.208. The third-order valence-electron chi connectivity index (χ3n) is 5.23. The maximum Gasteiger partial charge on any atom is 0.350 e. The van der Waals surface area contributed by atoms with E-state index in [2.05, 4.69) is 4.98 Å². The van der Waals surface area contributed by atoms with Gasteiger partial charge < -0.3 is 9.30 Å². The Morgan fingerprint density at radius 3 is 2.65 bits per heavy atom. The van der Waals surface area contributed by atoms with Crippen molar-refractivity contribution in [3.63, 3.8) is 0 Å². The van der Waals surface area contributed by atoms with Crippen LogP contribution in [0.5, 0.6) is 0 Å². The maximum absolute atomic E-state index is 13.5. The third kappa shape index (κ3) is 4.81. The van der Waals surface area contributed by atoms with Crippen LogP contribution in [-0.2, 0) is 22.6 Å². The summed E-state index contributed by atoms with van der Waals surface area (Å²) >= 11 is 1.12. The molecule has 10 heteroatoms. The van der Waals surface area contributed by atoms with E-state index < -0.39 is 10.9 Å². The second-order valence-electron chi connectivity index (χ2n) is 7.54. The van der Waals surface area contributed by atoms with Crippen molar-refractivity contribution in [2.24, 2.45) is 0 Å². The number of aryl methyl sites for hydroxylation is 1. The molecule has 0 saturated heterocycles. The zero-order valence-electron chi connectivity index (χ0n) is 18.6. The summed E-state index contributed by atoms with van der Waals surface area (Å²) in [6, 6.07) is 15.8. The van der Waals surface area contributed by atoms with Gasteiger partial charge >= 0.3 is 5.97 Å². The van der Waals surface area contributed by atoms with Crippen LogP contribution >= 0.6 is 11.3 Å². The van der Waals surface area contributed by atoms with E-state index in [0.29, 0.717) is 26.6 Å². The van der Waals surface area contributed by atoms with Crippen LogP contribution in [0.25, 0.3) is 10.9 Å². The number of aromatic nitrogens is 2. The molecule has 0 aliphatic rings. The Hall–Kier alpha value is -4.05. The molecule has 0 N–H and O–H groups in total. The van der Waals surface area contributed by atoms with Crippen molar-refractivity contribution in [3.8, 4) is 0 Å². The number of nitro groups is 1. The summed E-state index contributed by atoms with van der Waals surface area (Å²) in [4.78, 5) is 42.8. The van der Waals surface area contributed by atoms with E-state index in [9.17, 15) is 19.7 Å². The van der Waals surface area contributed by atoms with Gasteiger partial charge in [0.1, 0.15) is 11.4 Å². The van der Waals surface area contributed by atoms with E-state index in [1.54, 1.807) is 41.6 Å². The number of thiazole rings is 1. The highest BCUT2D eigenvalue weighted by Gasteiger charge is 2.25. The summed E-state index contributed by atoms with van der Waals surface area (Å²) in [5.74, 6) is -0.697. The highest BCUT2D eigenvalue weighted by Crippen LogP contribution is 2.29. The molecule has 0 aliphatic carbocycles. The molecule has 0 aliphatic heterocycles. The molecule has 0 atom stereocenters. The predicted molar refractivity (Wildman–Crippen MR) is 129 cm³/mol. The number of fused-ring (bicyclic) bond motifs is 1. The molecule has 34 heavy (non-hydrogen) atoms. The Kier molecular flexibility index (Phi) is 6.69. The number of rotatable bonds is 8. The smallest absolute Gasteiger partial charge is 0.350 e. The van der Waals surface area contributed by atoms with Crippen molar-refractivity contribution >= 4 is 44.9 Å². The molecule has 2 heterocycles. The van der Waals surface area contributed by atoms with Crippen LogP contribution in [0.4, 0.5) is 10.8 Å². The van der Waals surface area contributed by atoms with Crippen molar-refractivity contribution < 1.29 is 19.2 Å². The van der Waals surface area contributed by atoms with E-state index >= 15 is 0 Å². The zero-order chi connectivity index (χ0) is 24.2. The number of nitro benzene ring substituents is 1. The van der Waals surface area contributed by atoms with Gasteiger partial charge in [0.25, 0.3) is 5.69 Å². The van der Waals surface area contributed by atoms with Crippen LogP contribution < -0.4 is 4.90 Å². The number of anilines is 1. The lowest BCUT2D eigenvalue weighted by Gasteiger charge is -2.21. The summed E-state index contributed by atoms with van der Waals surface area (Å²) in [6.07, 6.45) is 1.73. The second kappa shape index (κ2) is 9.84.